The Hall–Kier alpha value is -0.653. The molecule has 0 heterocycles. The van der Waals surface area contributed by atoms with Gasteiger partial charge in [0, 0.05) is 6.10 Å². The van der Waals surface area contributed by atoms with Crippen molar-refractivity contribution in [2.45, 2.75) is 130 Å². The Balaban J connectivity index is 1.64. The second kappa shape index (κ2) is 11.6. The SMILES string of the molecule is CCCCOC(=O)C1([C@H](O)/C=C/[C@@H](C)[C@H]2CC[C@H]3[C@@H](O[Si](CC)(CC)CC)CCC[C@]23C)CC1. The zero-order valence-corrected chi connectivity index (χ0v) is 23.9. The van der Waals surface area contributed by atoms with Crippen molar-refractivity contribution in [1.29, 1.82) is 0 Å². The third-order valence-electron chi connectivity index (χ3n) is 10.2. The normalized spacial score (nSPS) is 32.4. The van der Waals surface area contributed by atoms with Gasteiger partial charge in [0.05, 0.1) is 18.1 Å². The van der Waals surface area contributed by atoms with Crippen molar-refractivity contribution in [1.82, 2.24) is 0 Å². The first kappa shape index (κ1) is 27.9. The van der Waals surface area contributed by atoms with Crippen molar-refractivity contribution in [2.24, 2.45) is 28.6 Å². The summed E-state index contributed by atoms with van der Waals surface area (Å²) >= 11 is 0. The number of carbonyl (C=O) groups excluding carboxylic acids is 1. The molecule has 0 aromatic carbocycles. The zero-order valence-electron chi connectivity index (χ0n) is 22.9. The molecule has 3 fully saturated rings. The topological polar surface area (TPSA) is 55.8 Å². The number of ether oxygens (including phenoxy) is 1. The highest BCUT2D eigenvalue weighted by molar-refractivity contribution is 6.73. The summed E-state index contributed by atoms with van der Waals surface area (Å²) in [4.78, 5) is 12.6. The predicted molar refractivity (Wildman–Crippen MR) is 142 cm³/mol. The fraction of sp³-hybridized carbons (Fsp3) is 0.897. The summed E-state index contributed by atoms with van der Waals surface area (Å²) in [7, 11) is -1.60. The summed E-state index contributed by atoms with van der Waals surface area (Å²) in [5, 5.41) is 10.9. The average molecular weight is 493 g/mol. The van der Waals surface area contributed by atoms with Crippen LogP contribution in [0.4, 0.5) is 0 Å². The monoisotopic (exact) mass is 492 g/mol. The molecule has 3 aliphatic rings. The van der Waals surface area contributed by atoms with E-state index in [2.05, 4.69) is 47.6 Å². The van der Waals surface area contributed by atoms with E-state index in [9.17, 15) is 9.90 Å². The molecule has 0 aromatic heterocycles. The van der Waals surface area contributed by atoms with Crippen LogP contribution in [-0.2, 0) is 14.0 Å². The Kier molecular flexibility index (Phi) is 9.53. The van der Waals surface area contributed by atoms with E-state index in [4.69, 9.17) is 9.16 Å². The molecule has 0 bridgehead atoms. The predicted octanol–water partition coefficient (Wildman–Crippen LogP) is 7.27. The lowest BCUT2D eigenvalue weighted by molar-refractivity contribution is -0.153. The van der Waals surface area contributed by atoms with E-state index in [0.717, 1.165) is 25.7 Å². The van der Waals surface area contributed by atoms with Crippen LogP contribution in [0.15, 0.2) is 12.2 Å². The van der Waals surface area contributed by atoms with Crippen molar-refractivity contribution in [2.75, 3.05) is 6.61 Å². The molecular formula is C29H52O4Si. The van der Waals surface area contributed by atoms with Gasteiger partial charge in [-0.1, -0.05) is 66.5 Å². The number of aliphatic hydroxyl groups excluding tert-OH is 1. The smallest absolute Gasteiger partial charge is 0.315 e. The molecule has 0 saturated heterocycles. The molecule has 6 atom stereocenters. The van der Waals surface area contributed by atoms with Gasteiger partial charge in [0.2, 0.25) is 0 Å². The molecule has 4 nitrogen and oxygen atoms in total. The van der Waals surface area contributed by atoms with Gasteiger partial charge in [0.1, 0.15) is 0 Å². The molecule has 5 heteroatoms. The van der Waals surface area contributed by atoms with Crippen LogP contribution in [0.25, 0.3) is 0 Å². The molecule has 0 aliphatic heterocycles. The third-order valence-corrected chi connectivity index (χ3v) is 14.9. The van der Waals surface area contributed by atoms with Crippen LogP contribution in [0, 0.1) is 28.6 Å². The fourth-order valence-corrected chi connectivity index (χ4v) is 10.2. The Morgan fingerprint density at radius 2 is 1.74 bits per heavy atom. The van der Waals surface area contributed by atoms with Crippen molar-refractivity contribution in [3.05, 3.63) is 12.2 Å². The number of unbranched alkanes of at least 4 members (excludes halogenated alkanes) is 1. The summed E-state index contributed by atoms with van der Waals surface area (Å²) in [6, 6.07) is 3.68. The van der Waals surface area contributed by atoms with E-state index < -0.39 is 19.8 Å². The van der Waals surface area contributed by atoms with Crippen LogP contribution in [0.5, 0.6) is 0 Å². The molecule has 196 valence electrons. The Morgan fingerprint density at radius 1 is 1.06 bits per heavy atom. The van der Waals surface area contributed by atoms with Crippen LogP contribution in [0.3, 0.4) is 0 Å². The van der Waals surface area contributed by atoms with E-state index in [1.165, 1.54) is 50.2 Å². The first-order valence-corrected chi connectivity index (χ1v) is 17.0. The third kappa shape index (κ3) is 5.52. The second-order valence-corrected chi connectivity index (χ2v) is 16.6. The first-order chi connectivity index (χ1) is 16.2. The number of carbonyl (C=O) groups is 1. The van der Waals surface area contributed by atoms with Gasteiger partial charge in [-0.3, -0.25) is 4.79 Å². The number of hydrogen-bond donors (Lipinski definition) is 1. The highest BCUT2D eigenvalue weighted by Crippen LogP contribution is 2.59. The summed E-state index contributed by atoms with van der Waals surface area (Å²) in [5.41, 5.74) is -0.381. The second-order valence-electron chi connectivity index (χ2n) is 11.9. The van der Waals surface area contributed by atoms with Gasteiger partial charge in [-0.2, -0.15) is 0 Å². The largest absolute Gasteiger partial charge is 0.465 e. The molecule has 3 rings (SSSR count). The first-order valence-electron chi connectivity index (χ1n) is 14.4. The molecule has 34 heavy (non-hydrogen) atoms. The lowest BCUT2D eigenvalue weighted by Gasteiger charge is -2.48. The maximum Gasteiger partial charge on any atom is 0.315 e. The van der Waals surface area contributed by atoms with Gasteiger partial charge in [-0.05, 0) is 86.2 Å². The number of hydrogen-bond acceptors (Lipinski definition) is 4. The standard InChI is InChI=1S/C29H52O4Si/c1-7-11-21-32-27(31)29(19-20-29)26(30)17-14-22(5)23-15-16-24-25(13-12-18-28(23,24)6)33-34(8-2,9-3)10-4/h14,17,22-26,30H,7-13,15-16,18-21H2,1-6H3/b17-14+/t22-,23-,24+,25+,26-,28-/m1/s1. The maximum atomic E-state index is 12.6. The van der Waals surface area contributed by atoms with E-state index >= 15 is 0 Å². The van der Waals surface area contributed by atoms with Crippen LogP contribution in [0.1, 0.15) is 99.3 Å². The summed E-state index contributed by atoms with van der Waals surface area (Å²) in [5.74, 6) is 1.45. The van der Waals surface area contributed by atoms with E-state index in [1.54, 1.807) is 0 Å². The van der Waals surface area contributed by atoms with Crippen LogP contribution in [0.2, 0.25) is 18.1 Å². The Labute approximate surface area is 210 Å². The maximum absolute atomic E-state index is 12.6. The zero-order chi connectivity index (χ0) is 25.0. The highest BCUT2D eigenvalue weighted by atomic mass is 28.4. The van der Waals surface area contributed by atoms with E-state index in [0.29, 0.717) is 35.9 Å². The minimum absolute atomic E-state index is 0.207. The van der Waals surface area contributed by atoms with Gasteiger partial charge in [-0.15, -0.1) is 0 Å². The Bertz CT molecular complexity index is 690. The molecule has 0 unspecified atom stereocenters. The van der Waals surface area contributed by atoms with Crippen molar-refractivity contribution in [3.8, 4) is 0 Å². The molecular weight excluding hydrogens is 440 g/mol. The molecule has 0 spiro atoms. The number of allylic oxidation sites excluding steroid dienone is 1. The minimum Gasteiger partial charge on any atom is -0.465 e. The number of rotatable bonds is 13. The lowest BCUT2D eigenvalue weighted by atomic mass is 9.62. The summed E-state index contributed by atoms with van der Waals surface area (Å²) in [6.45, 7) is 14.4. The van der Waals surface area contributed by atoms with Crippen LogP contribution in [-0.4, -0.2) is 38.2 Å². The van der Waals surface area contributed by atoms with Gasteiger partial charge >= 0.3 is 5.97 Å². The van der Waals surface area contributed by atoms with Crippen LogP contribution >= 0.6 is 0 Å². The Morgan fingerprint density at radius 3 is 2.32 bits per heavy atom. The lowest BCUT2D eigenvalue weighted by Crippen LogP contribution is -2.48. The van der Waals surface area contributed by atoms with Crippen molar-refractivity contribution >= 4 is 14.3 Å². The number of fused-ring (bicyclic) bond motifs is 1. The van der Waals surface area contributed by atoms with Crippen molar-refractivity contribution < 1.29 is 19.1 Å². The quantitative estimate of drug-likeness (QED) is 0.127. The molecule has 1 N–H and O–H groups in total. The number of aliphatic hydroxyl groups is 1. The molecule has 0 radical (unpaired) electrons. The van der Waals surface area contributed by atoms with Crippen LogP contribution < -0.4 is 0 Å². The summed E-state index contributed by atoms with van der Waals surface area (Å²) < 4.78 is 12.5. The van der Waals surface area contributed by atoms with E-state index in [-0.39, 0.29) is 5.97 Å². The van der Waals surface area contributed by atoms with Crippen molar-refractivity contribution in [3.63, 3.8) is 0 Å². The fourth-order valence-electron chi connectivity index (χ4n) is 7.29. The van der Waals surface area contributed by atoms with Gasteiger partial charge in [0.15, 0.2) is 8.32 Å². The highest BCUT2D eigenvalue weighted by Gasteiger charge is 2.57. The molecule has 3 saturated carbocycles. The summed E-state index contributed by atoms with van der Waals surface area (Å²) in [6.07, 6.45) is 13.5. The number of esters is 1. The molecule has 0 amide bonds. The molecule has 0 aromatic rings. The van der Waals surface area contributed by atoms with Gasteiger partial charge < -0.3 is 14.3 Å². The minimum atomic E-state index is -1.60. The molecule has 3 aliphatic carbocycles. The average Bonchev–Trinajstić information content (AvgIpc) is 3.57. The van der Waals surface area contributed by atoms with E-state index in [1.807, 2.05) is 6.08 Å². The van der Waals surface area contributed by atoms with Gasteiger partial charge in [0.25, 0.3) is 0 Å². The van der Waals surface area contributed by atoms with Gasteiger partial charge in [-0.25, -0.2) is 0 Å².